The number of H-pyrrole nitrogens is 1. The van der Waals surface area contributed by atoms with Gasteiger partial charge in [-0.05, 0) is 6.92 Å². The molecule has 6 heteroatoms. The van der Waals surface area contributed by atoms with Crippen LogP contribution in [0.1, 0.15) is 6.92 Å². The lowest BCUT2D eigenvalue weighted by atomic mass is 10.7. The molecule has 1 aromatic rings. The standard InChI is InChI=1S/C5H8N4O2/c1-2-11-5-7-4(10)3(6)8-9-5/h2H2,1H3,(H2,6,8)(H,7,9,10). The Kier molecular flexibility index (Phi) is 2.05. The van der Waals surface area contributed by atoms with Gasteiger partial charge in [-0.2, -0.15) is 0 Å². The number of nitrogens with zero attached hydrogens (tertiary/aromatic N) is 2. The molecule has 1 aromatic heterocycles. The molecule has 1 rings (SSSR count). The van der Waals surface area contributed by atoms with Crippen LogP contribution in [-0.4, -0.2) is 21.8 Å². The number of rotatable bonds is 2. The summed E-state index contributed by atoms with van der Waals surface area (Å²) in [6.07, 6.45) is 0. The highest BCUT2D eigenvalue weighted by atomic mass is 16.5. The first kappa shape index (κ1) is 7.52. The molecule has 0 spiro atoms. The molecule has 0 unspecified atom stereocenters. The second-order valence-corrected chi connectivity index (χ2v) is 1.78. The summed E-state index contributed by atoms with van der Waals surface area (Å²) >= 11 is 0. The van der Waals surface area contributed by atoms with Crippen molar-refractivity contribution in [1.82, 2.24) is 15.2 Å². The fourth-order valence-corrected chi connectivity index (χ4v) is 0.533. The van der Waals surface area contributed by atoms with E-state index in [1.807, 2.05) is 0 Å². The number of nitrogen functional groups attached to an aromatic ring is 1. The first-order valence-corrected chi connectivity index (χ1v) is 3.09. The molecular weight excluding hydrogens is 148 g/mol. The average Bonchev–Trinajstić information content (AvgIpc) is 1.98. The van der Waals surface area contributed by atoms with Crippen molar-refractivity contribution in [3.8, 4) is 6.01 Å². The maximum atomic E-state index is 10.8. The fraction of sp³-hybridized carbons (Fsp3) is 0.400. The maximum Gasteiger partial charge on any atom is 0.315 e. The zero-order valence-corrected chi connectivity index (χ0v) is 6.00. The first-order valence-electron chi connectivity index (χ1n) is 3.09. The van der Waals surface area contributed by atoms with Gasteiger partial charge in [0, 0.05) is 0 Å². The molecule has 0 aliphatic heterocycles. The van der Waals surface area contributed by atoms with Gasteiger partial charge < -0.3 is 10.5 Å². The lowest BCUT2D eigenvalue weighted by Crippen LogP contribution is -2.16. The van der Waals surface area contributed by atoms with E-state index < -0.39 is 5.56 Å². The zero-order chi connectivity index (χ0) is 8.27. The van der Waals surface area contributed by atoms with E-state index in [2.05, 4.69) is 15.2 Å². The van der Waals surface area contributed by atoms with Gasteiger partial charge in [0.1, 0.15) is 0 Å². The van der Waals surface area contributed by atoms with Crippen molar-refractivity contribution in [3.05, 3.63) is 10.4 Å². The van der Waals surface area contributed by atoms with Crippen LogP contribution in [0.15, 0.2) is 4.79 Å². The van der Waals surface area contributed by atoms with E-state index in [0.29, 0.717) is 6.61 Å². The predicted molar refractivity (Wildman–Crippen MR) is 38.2 cm³/mol. The largest absolute Gasteiger partial charge is 0.464 e. The highest BCUT2D eigenvalue weighted by molar-refractivity contribution is 5.20. The summed E-state index contributed by atoms with van der Waals surface area (Å²) in [7, 11) is 0. The molecular formula is C5H8N4O2. The second-order valence-electron chi connectivity index (χ2n) is 1.78. The molecule has 1 heterocycles. The summed E-state index contributed by atoms with van der Waals surface area (Å²) in [6.45, 7) is 2.20. The molecule has 6 nitrogen and oxygen atoms in total. The normalized spacial score (nSPS) is 9.55. The summed E-state index contributed by atoms with van der Waals surface area (Å²) in [5.74, 6) is -0.159. The van der Waals surface area contributed by atoms with E-state index in [1.165, 1.54) is 0 Å². The van der Waals surface area contributed by atoms with Crippen LogP contribution in [-0.2, 0) is 0 Å². The van der Waals surface area contributed by atoms with E-state index >= 15 is 0 Å². The summed E-state index contributed by atoms with van der Waals surface area (Å²) in [5.41, 5.74) is 4.63. The quantitative estimate of drug-likeness (QED) is 0.581. The van der Waals surface area contributed by atoms with Gasteiger partial charge in [0.15, 0.2) is 0 Å². The number of ether oxygens (including phenoxy) is 1. The minimum Gasteiger partial charge on any atom is -0.464 e. The Morgan fingerprint density at radius 1 is 1.64 bits per heavy atom. The van der Waals surface area contributed by atoms with Crippen LogP contribution < -0.4 is 16.0 Å². The summed E-state index contributed by atoms with van der Waals surface area (Å²) in [4.78, 5) is 13.1. The smallest absolute Gasteiger partial charge is 0.315 e. The third-order valence-electron chi connectivity index (χ3n) is 0.983. The Hall–Kier alpha value is -1.59. The Balaban J connectivity index is 2.96. The van der Waals surface area contributed by atoms with E-state index in [4.69, 9.17) is 10.5 Å². The van der Waals surface area contributed by atoms with Crippen LogP contribution in [0.5, 0.6) is 6.01 Å². The topological polar surface area (TPSA) is 93.9 Å². The lowest BCUT2D eigenvalue weighted by molar-refractivity contribution is 0.307. The molecule has 0 bridgehead atoms. The number of nitrogens with two attached hydrogens (primary N) is 1. The van der Waals surface area contributed by atoms with Gasteiger partial charge in [0.2, 0.25) is 5.82 Å². The Bertz CT molecular complexity index is 295. The number of anilines is 1. The van der Waals surface area contributed by atoms with Crippen molar-refractivity contribution in [2.75, 3.05) is 12.3 Å². The van der Waals surface area contributed by atoms with E-state index in [-0.39, 0.29) is 11.8 Å². The number of aromatic amines is 1. The van der Waals surface area contributed by atoms with Crippen molar-refractivity contribution in [2.24, 2.45) is 0 Å². The van der Waals surface area contributed by atoms with Crippen LogP contribution in [0.25, 0.3) is 0 Å². The molecule has 0 atom stereocenters. The SMILES string of the molecule is CCOc1nnc(N)c(=O)[nH]1. The van der Waals surface area contributed by atoms with Crippen LogP contribution >= 0.6 is 0 Å². The second kappa shape index (κ2) is 3.00. The third-order valence-corrected chi connectivity index (χ3v) is 0.983. The first-order chi connectivity index (χ1) is 5.24. The number of nitrogens with one attached hydrogen (secondary N) is 1. The molecule has 3 N–H and O–H groups in total. The van der Waals surface area contributed by atoms with Crippen LogP contribution in [0.4, 0.5) is 5.82 Å². The van der Waals surface area contributed by atoms with Crippen LogP contribution in [0.2, 0.25) is 0 Å². The number of hydrogen-bond acceptors (Lipinski definition) is 5. The Labute approximate surface area is 62.4 Å². The molecule has 0 aromatic carbocycles. The molecule has 0 aliphatic rings. The third kappa shape index (κ3) is 1.66. The van der Waals surface area contributed by atoms with Crippen molar-refractivity contribution in [2.45, 2.75) is 6.92 Å². The molecule has 0 aliphatic carbocycles. The average molecular weight is 156 g/mol. The van der Waals surface area contributed by atoms with Crippen molar-refractivity contribution in [3.63, 3.8) is 0 Å². The molecule has 0 saturated carbocycles. The van der Waals surface area contributed by atoms with Gasteiger partial charge in [0.05, 0.1) is 6.61 Å². The number of hydrogen-bond donors (Lipinski definition) is 2. The van der Waals surface area contributed by atoms with Crippen molar-refractivity contribution >= 4 is 5.82 Å². The molecule has 11 heavy (non-hydrogen) atoms. The van der Waals surface area contributed by atoms with Gasteiger partial charge in [-0.25, -0.2) is 0 Å². The summed E-state index contributed by atoms with van der Waals surface area (Å²) in [6, 6.07) is 0.0895. The van der Waals surface area contributed by atoms with Gasteiger partial charge in [-0.3, -0.25) is 9.78 Å². The van der Waals surface area contributed by atoms with E-state index in [0.717, 1.165) is 0 Å². The molecule has 0 fully saturated rings. The zero-order valence-electron chi connectivity index (χ0n) is 6.00. The van der Waals surface area contributed by atoms with Crippen molar-refractivity contribution < 1.29 is 4.74 Å². The van der Waals surface area contributed by atoms with E-state index in [1.54, 1.807) is 6.92 Å². The predicted octanol–water partition coefficient (Wildman–Crippen LogP) is -0.854. The van der Waals surface area contributed by atoms with Crippen LogP contribution in [0, 0.1) is 0 Å². The highest BCUT2D eigenvalue weighted by Crippen LogP contribution is 1.93. The fourth-order valence-electron chi connectivity index (χ4n) is 0.533. The number of aromatic nitrogens is 3. The molecule has 60 valence electrons. The molecule has 0 amide bonds. The summed E-state index contributed by atoms with van der Waals surface area (Å²) in [5, 5.41) is 6.83. The van der Waals surface area contributed by atoms with Gasteiger partial charge in [0.25, 0.3) is 5.56 Å². The van der Waals surface area contributed by atoms with Gasteiger partial charge in [-0.15, -0.1) is 5.10 Å². The summed E-state index contributed by atoms with van der Waals surface area (Å²) < 4.78 is 4.86. The maximum absolute atomic E-state index is 10.8. The van der Waals surface area contributed by atoms with Crippen molar-refractivity contribution in [1.29, 1.82) is 0 Å². The minimum absolute atomic E-state index is 0.0895. The monoisotopic (exact) mass is 156 g/mol. The Morgan fingerprint density at radius 3 is 2.91 bits per heavy atom. The van der Waals surface area contributed by atoms with E-state index in [9.17, 15) is 4.79 Å². The minimum atomic E-state index is -0.483. The Morgan fingerprint density at radius 2 is 2.36 bits per heavy atom. The van der Waals surface area contributed by atoms with Gasteiger partial charge in [-0.1, -0.05) is 5.10 Å². The molecule has 0 saturated heterocycles. The van der Waals surface area contributed by atoms with Crippen LogP contribution in [0.3, 0.4) is 0 Å². The molecule has 0 radical (unpaired) electrons. The lowest BCUT2D eigenvalue weighted by Gasteiger charge is -1.98. The van der Waals surface area contributed by atoms with Gasteiger partial charge >= 0.3 is 6.01 Å². The highest BCUT2D eigenvalue weighted by Gasteiger charge is 1.98.